The number of aromatic nitrogens is 2. The zero-order valence-electron chi connectivity index (χ0n) is 12.4. The number of rotatable bonds is 4. The lowest BCUT2D eigenvalue weighted by Crippen LogP contribution is -2.33. The zero-order chi connectivity index (χ0) is 16.2. The van der Waals surface area contributed by atoms with Gasteiger partial charge in [0.1, 0.15) is 29.6 Å². The number of ether oxygens (including phenoxy) is 1. The molecule has 0 radical (unpaired) electrons. The molecule has 0 aliphatic carbocycles. The van der Waals surface area contributed by atoms with Crippen LogP contribution in [0.1, 0.15) is 29.0 Å². The van der Waals surface area contributed by atoms with E-state index in [0.29, 0.717) is 24.7 Å². The minimum atomic E-state index is -0.477. The maximum atomic E-state index is 12.8. The van der Waals surface area contributed by atoms with Gasteiger partial charge < -0.3 is 14.6 Å². The van der Waals surface area contributed by atoms with Crippen LogP contribution in [0.4, 0.5) is 4.39 Å². The molecule has 7 heteroatoms. The second-order valence-corrected chi connectivity index (χ2v) is 5.31. The molecule has 0 bridgehead atoms. The monoisotopic (exact) mass is 317 g/mol. The third-order valence-corrected chi connectivity index (χ3v) is 3.66. The summed E-state index contributed by atoms with van der Waals surface area (Å²) in [5, 5.41) is 0. The maximum Gasteiger partial charge on any atom is 0.263 e. The number of nitrogens with one attached hydrogen (secondary N) is 1. The summed E-state index contributed by atoms with van der Waals surface area (Å²) in [6, 6.07) is 5.53. The Morgan fingerprint density at radius 2 is 1.96 bits per heavy atom. The quantitative estimate of drug-likeness (QED) is 0.932. The van der Waals surface area contributed by atoms with Gasteiger partial charge in [-0.15, -0.1) is 0 Å². The number of halogens is 1. The highest BCUT2D eigenvalue weighted by molar-refractivity contribution is 5.93. The third kappa shape index (κ3) is 3.56. The van der Waals surface area contributed by atoms with Crippen molar-refractivity contribution in [1.82, 2.24) is 14.9 Å². The van der Waals surface area contributed by atoms with E-state index in [2.05, 4.69) is 9.97 Å². The number of amides is 1. The molecule has 0 unspecified atom stereocenters. The fourth-order valence-corrected chi connectivity index (χ4v) is 2.43. The van der Waals surface area contributed by atoms with Gasteiger partial charge in [-0.05, 0) is 37.1 Å². The molecular formula is C16H16FN3O3. The van der Waals surface area contributed by atoms with Crippen LogP contribution in [0, 0.1) is 5.82 Å². The van der Waals surface area contributed by atoms with E-state index in [-0.39, 0.29) is 23.9 Å². The molecule has 0 saturated carbocycles. The predicted molar refractivity (Wildman–Crippen MR) is 80.7 cm³/mol. The van der Waals surface area contributed by atoms with Crippen molar-refractivity contribution in [1.29, 1.82) is 0 Å². The second kappa shape index (κ2) is 6.60. The zero-order valence-corrected chi connectivity index (χ0v) is 12.4. The Hall–Kier alpha value is -2.70. The van der Waals surface area contributed by atoms with Gasteiger partial charge in [-0.25, -0.2) is 9.37 Å². The maximum absolute atomic E-state index is 12.8. The normalized spacial score (nSPS) is 14.0. The van der Waals surface area contributed by atoms with Crippen molar-refractivity contribution in [3.63, 3.8) is 0 Å². The topological polar surface area (TPSA) is 75.3 Å². The fourth-order valence-electron chi connectivity index (χ4n) is 2.43. The number of benzene rings is 1. The SMILES string of the molecule is O=C(c1cnc(COc2ccc(F)cc2)[nH]c1=O)N1CCCC1. The molecule has 0 spiro atoms. The number of hydrogen-bond acceptors (Lipinski definition) is 4. The van der Waals surface area contributed by atoms with E-state index >= 15 is 0 Å². The first-order valence-corrected chi connectivity index (χ1v) is 7.39. The van der Waals surface area contributed by atoms with E-state index < -0.39 is 5.56 Å². The summed E-state index contributed by atoms with van der Waals surface area (Å²) in [7, 11) is 0. The minimum absolute atomic E-state index is 0.0268. The highest BCUT2D eigenvalue weighted by Crippen LogP contribution is 2.13. The van der Waals surface area contributed by atoms with Crippen LogP contribution in [-0.2, 0) is 6.61 Å². The molecule has 1 amide bonds. The van der Waals surface area contributed by atoms with Crippen LogP contribution in [-0.4, -0.2) is 33.9 Å². The van der Waals surface area contributed by atoms with Gasteiger partial charge >= 0.3 is 0 Å². The molecule has 1 aromatic carbocycles. The van der Waals surface area contributed by atoms with E-state index in [1.807, 2.05) is 0 Å². The Morgan fingerprint density at radius 3 is 2.61 bits per heavy atom. The lowest BCUT2D eigenvalue weighted by molar-refractivity contribution is 0.0790. The molecule has 1 N–H and O–H groups in total. The highest BCUT2D eigenvalue weighted by Gasteiger charge is 2.22. The van der Waals surface area contributed by atoms with Crippen LogP contribution in [0.15, 0.2) is 35.3 Å². The lowest BCUT2D eigenvalue weighted by Gasteiger charge is -2.14. The molecule has 1 aliphatic rings. The first kappa shape index (κ1) is 15.2. The molecule has 3 rings (SSSR count). The summed E-state index contributed by atoms with van der Waals surface area (Å²) in [6.45, 7) is 1.38. The molecule has 1 fully saturated rings. The van der Waals surface area contributed by atoms with Crippen molar-refractivity contribution < 1.29 is 13.9 Å². The molecule has 2 heterocycles. The number of nitrogens with zero attached hydrogens (tertiary/aromatic N) is 2. The summed E-state index contributed by atoms with van der Waals surface area (Å²) in [4.78, 5) is 32.5. The van der Waals surface area contributed by atoms with Crippen molar-refractivity contribution in [2.24, 2.45) is 0 Å². The molecule has 1 aliphatic heterocycles. The van der Waals surface area contributed by atoms with Gasteiger partial charge in [0.25, 0.3) is 11.5 Å². The van der Waals surface area contributed by atoms with E-state index in [4.69, 9.17) is 4.74 Å². The van der Waals surface area contributed by atoms with Crippen LogP contribution < -0.4 is 10.3 Å². The van der Waals surface area contributed by atoms with Gasteiger partial charge in [0.05, 0.1) is 0 Å². The predicted octanol–water partition coefficient (Wildman–Crippen LogP) is 1.72. The average molecular weight is 317 g/mol. The Kier molecular flexibility index (Phi) is 4.36. The molecular weight excluding hydrogens is 301 g/mol. The van der Waals surface area contributed by atoms with Crippen LogP contribution in [0.25, 0.3) is 0 Å². The van der Waals surface area contributed by atoms with Gasteiger partial charge in [0, 0.05) is 19.3 Å². The van der Waals surface area contributed by atoms with E-state index in [1.54, 1.807) is 4.90 Å². The van der Waals surface area contributed by atoms with Gasteiger partial charge in [0.2, 0.25) is 0 Å². The van der Waals surface area contributed by atoms with Crippen molar-refractivity contribution in [3.8, 4) is 5.75 Å². The molecule has 23 heavy (non-hydrogen) atoms. The average Bonchev–Trinajstić information content (AvgIpc) is 3.08. The lowest BCUT2D eigenvalue weighted by atomic mass is 10.3. The number of carbonyl (C=O) groups excluding carboxylic acids is 1. The third-order valence-electron chi connectivity index (χ3n) is 3.66. The molecule has 1 saturated heterocycles. The molecule has 6 nitrogen and oxygen atoms in total. The number of H-pyrrole nitrogens is 1. The summed E-state index contributed by atoms with van der Waals surface area (Å²) in [5.41, 5.74) is -0.438. The second-order valence-electron chi connectivity index (χ2n) is 5.31. The molecule has 2 aromatic rings. The van der Waals surface area contributed by atoms with Gasteiger partial charge in [0.15, 0.2) is 0 Å². The van der Waals surface area contributed by atoms with Gasteiger partial charge in [-0.2, -0.15) is 0 Å². The van der Waals surface area contributed by atoms with Gasteiger partial charge in [-0.1, -0.05) is 0 Å². The van der Waals surface area contributed by atoms with Crippen LogP contribution in [0.2, 0.25) is 0 Å². The number of likely N-dealkylation sites (tertiary alicyclic amines) is 1. The molecule has 120 valence electrons. The standard InChI is InChI=1S/C16H16FN3O3/c17-11-3-5-12(6-4-11)23-10-14-18-9-13(15(21)19-14)16(22)20-7-1-2-8-20/h3-6,9H,1-2,7-8,10H2,(H,18,19,21). The van der Waals surface area contributed by atoms with E-state index in [0.717, 1.165) is 12.8 Å². The number of carbonyl (C=O) groups is 1. The summed E-state index contributed by atoms with van der Waals surface area (Å²) < 4.78 is 18.2. The van der Waals surface area contributed by atoms with Crippen molar-refractivity contribution in [2.75, 3.05) is 13.1 Å². The molecule has 1 aromatic heterocycles. The first-order valence-electron chi connectivity index (χ1n) is 7.39. The van der Waals surface area contributed by atoms with E-state index in [1.165, 1.54) is 30.5 Å². The first-order chi connectivity index (χ1) is 11.1. The Bertz CT molecular complexity index is 752. The number of aromatic amines is 1. The summed E-state index contributed by atoms with van der Waals surface area (Å²) in [5.74, 6) is 0.125. The molecule has 0 atom stereocenters. The van der Waals surface area contributed by atoms with Crippen molar-refractivity contribution in [3.05, 3.63) is 58.0 Å². The highest BCUT2D eigenvalue weighted by atomic mass is 19.1. The van der Waals surface area contributed by atoms with Crippen LogP contribution in [0.5, 0.6) is 5.75 Å². The summed E-state index contributed by atoms with van der Waals surface area (Å²) in [6.07, 6.45) is 3.20. The van der Waals surface area contributed by atoms with E-state index in [9.17, 15) is 14.0 Å². The van der Waals surface area contributed by atoms with Crippen molar-refractivity contribution >= 4 is 5.91 Å². The minimum Gasteiger partial charge on any atom is -0.486 e. The Morgan fingerprint density at radius 1 is 1.26 bits per heavy atom. The fraction of sp³-hybridized carbons (Fsp3) is 0.312. The Labute approximate surface area is 131 Å². The smallest absolute Gasteiger partial charge is 0.263 e. The summed E-state index contributed by atoms with van der Waals surface area (Å²) >= 11 is 0. The van der Waals surface area contributed by atoms with Crippen molar-refractivity contribution in [2.45, 2.75) is 19.4 Å². The van der Waals surface area contributed by atoms with Crippen LogP contribution >= 0.6 is 0 Å². The van der Waals surface area contributed by atoms with Gasteiger partial charge in [-0.3, -0.25) is 9.59 Å². The van der Waals surface area contributed by atoms with Crippen LogP contribution in [0.3, 0.4) is 0 Å². The largest absolute Gasteiger partial charge is 0.486 e. The Balaban J connectivity index is 1.68. The number of hydrogen-bond donors (Lipinski definition) is 1.